The van der Waals surface area contributed by atoms with Crippen molar-refractivity contribution in [2.45, 2.75) is 18.9 Å². The van der Waals surface area contributed by atoms with Crippen molar-refractivity contribution < 1.29 is 9.59 Å². The molecule has 1 aliphatic rings. The van der Waals surface area contributed by atoms with Crippen molar-refractivity contribution in [3.63, 3.8) is 0 Å². The minimum Gasteiger partial charge on any atom is -0.376 e. The van der Waals surface area contributed by atoms with E-state index in [0.29, 0.717) is 17.3 Å². The van der Waals surface area contributed by atoms with Gasteiger partial charge in [0, 0.05) is 26.6 Å². The quantitative estimate of drug-likeness (QED) is 0.611. The average molecular weight is 435 g/mol. The summed E-state index contributed by atoms with van der Waals surface area (Å²) in [5.74, 6) is -0.251. The second-order valence-electron chi connectivity index (χ2n) is 5.74. The van der Waals surface area contributed by atoms with Gasteiger partial charge in [0.15, 0.2) is 0 Å². The molecule has 5 nitrogen and oxygen atoms in total. The van der Waals surface area contributed by atoms with Crippen LogP contribution in [0.3, 0.4) is 0 Å². The number of nitrogens with one attached hydrogen (secondary N) is 3. The van der Waals surface area contributed by atoms with Crippen LogP contribution >= 0.6 is 22.6 Å². The van der Waals surface area contributed by atoms with Gasteiger partial charge in [-0.3, -0.25) is 9.59 Å². The van der Waals surface area contributed by atoms with Crippen LogP contribution in [-0.2, 0) is 4.79 Å². The third-order valence-corrected chi connectivity index (χ3v) is 4.34. The Balaban J connectivity index is 1.53. The molecule has 24 heavy (non-hydrogen) atoms. The van der Waals surface area contributed by atoms with E-state index in [1.807, 2.05) is 24.3 Å². The standard InChI is InChI=1S/C18H18IN3O2/c19-13-4-6-14(7-5-13)20-11-17(23)21-16-3-1-2-12(10-16)18(24)22-15-8-9-15/h1-7,10,15,20H,8-9,11H2,(H,21,23)(H,22,24). The molecular weight excluding hydrogens is 417 g/mol. The zero-order valence-electron chi connectivity index (χ0n) is 13.0. The molecule has 124 valence electrons. The fraction of sp³-hybridized carbons (Fsp3) is 0.222. The van der Waals surface area contributed by atoms with Crippen molar-refractivity contribution in [3.05, 3.63) is 57.7 Å². The minimum atomic E-state index is -0.159. The molecule has 3 rings (SSSR count). The van der Waals surface area contributed by atoms with E-state index < -0.39 is 0 Å². The third kappa shape index (κ3) is 4.95. The van der Waals surface area contributed by atoms with Gasteiger partial charge in [-0.15, -0.1) is 0 Å². The van der Waals surface area contributed by atoms with Crippen LogP contribution in [-0.4, -0.2) is 24.4 Å². The number of carbonyl (C=O) groups excluding carboxylic acids is 2. The Morgan fingerprint density at radius 3 is 2.50 bits per heavy atom. The fourth-order valence-electron chi connectivity index (χ4n) is 2.19. The van der Waals surface area contributed by atoms with E-state index in [4.69, 9.17) is 0 Å². The first-order chi connectivity index (χ1) is 11.6. The molecule has 0 aromatic heterocycles. The fourth-order valence-corrected chi connectivity index (χ4v) is 2.55. The Morgan fingerprint density at radius 2 is 1.79 bits per heavy atom. The van der Waals surface area contributed by atoms with E-state index in [0.717, 1.165) is 22.1 Å². The van der Waals surface area contributed by atoms with Crippen molar-refractivity contribution in [2.24, 2.45) is 0 Å². The monoisotopic (exact) mass is 435 g/mol. The molecule has 0 spiro atoms. The van der Waals surface area contributed by atoms with Crippen molar-refractivity contribution >= 4 is 45.8 Å². The molecule has 1 fully saturated rings. The molecule has 3 N–H and O–H groups in total. The highest BCUT2D eigenvalue weighted by Gasteiger charge is 2.23. The summed E-state index contributed by atoms with van der Waals surface area (Å²) in [4.78, 5) is 24.1. The lowest BCUT2D eigenvalue weighted by Crippen LogP contribution is -2.26. The molecule has 0 saturated heterocycles. The molecule has 2 amide bonds. The number of halogens is 1. The topological polar surface area (TPSA) is 70.2 Å². The van der Waals surface area contributed by atoms with E-state index in [-0.39, 0.29) is 18.4 Å². The van der Waals surface area contributed by atoms with Crippen molar-refractivity contribution in [1.29, 1.82) is 0 Å². The van der Waals surface area contributed by atoms with Crippen LogP contribution in [0.15, 0.2) is 48.5 Å². The van der Waals surface area contributed by atoms with E-state index in [1.165, 1.54) is 0 Å². The number of benzene rings is 2. The van der Waals surface area contributed by atoms with Crippen LogP contribution in [0.5, 0.6) is 0 Å². The summed E-state index contributed by atoms with van der Waals surface area (Å²) in [7, 11) is 0. The summed E-state index contributed by atoms with van der Waals surface area (Å²) in [5.41, 5.74) is 2.07. The second kappa shape index (κ2) is 7.65. The van der Waals surface area contributed by atoms with Crippen LogP contribution < -0.4 is 16.0 Å². The molecule has 2 aromatic carbocycles. The molecule has 0 aliphatic heterocycles. The summed E-state index contributed by atoms with van der Waals surface area (Å²) >= 11 is 2.23. The molecule has 2 aromatic rings. The number of hydrogen-bond acceptors (Lipinski definition) is 3. The first kappa shape index (κ1) is 16.8. The van der Waals surface area contributed by atoms with E-state index in [1.54, 1.807) is 24.3 Å². The smallest absolute Gasteiger partial charge is 0.251 e. The van der Waals surface area contributed by atoms with Crippen molar-refractivity contribution in [1.82, 2.24) is 5.32 Å². The number of hydrogen-bond donors (Lipinski definition) is 3. The predicted octanol–water partition coefficient (Wildman–Crippen LogP) is 3.23. The summed E-state index contributed by atoms with van der Waals surface area (Å²) in [6.07, 6.45) is 2.10. The zero-order valence-corrected chi connectivity index (χ0v) is 15.2. The lowest BCUT2D eigenvalue weighted by Gasteiger charge is -2.09. The van der Waals surface area contributed by atoms with Crippen LogP contribution in [0.25, 0.3) is 0 Å². The summed E-state index contributed by atoms with van der Waals surface area (Å²) < 4.78 is 1.14. The molecule has 0 bridgehead atoms. The van der Waals surface area contributed by atoms with Crippen LogP contribution in [0, 0.1) is 3.57 Å². The van der Waals surface area contributed by atoms with Gasteiger partial charge in [0.2, 0.25) is 5.91 Å². The van der Waals surface area contributed by atoms with Crippen molar-refractivity contribution in [3.8, 4) is 0 Å². The van der Waals surface area contributed by atoms with E-state index in [9.17, 15) is 9.59 Å². The molecule has 0 atom stereocenters. The van der Waals surface area contributed by atoms with Gasteiger partial charge in [-0.25, -0.2) is 0 Å². The van der Waals surface area contributed by atoms with Gasteiger partial charge in [0.1, 0.15) is 0 Å². The van der Waals surface area contributed by atoms with Gasteiger partial charge in [-0.2, -0.15) is 0 Å². The molecule has 0 unspecified atom stereocenters. The van der Waals surface area contributed by atoms with E-state index >= 15 is 0 Å². The molecular formula is C18H18IN3O2. The van der Waals surface area contributed by atoms with E-state index in [2.05, 4.69) is 38.5 Å². The van der Waals surface area contributed by atoms with Gasteiger partial charge in [0.25, 0.3) is 5.91 Å². The lowest BCUT2D eigenvalue weighted by molar-refractivity contribution is -0.114. The third-order valence-electron chi connectivity index (χ3n) is 3.62. The maximum atomic E-state index is 12.0. The van der Waals surface area contributed by atoms with Crippen LogP contribution in [0.4, 0.5) is 11.4 Å². The number of rotatable bonds is 6. The number of amides is 2. The normalized spacial score (nSPS) is 13.2. The Labute approximate surface area is 154 Å². The summed E-state index contributed by atoms with van der Waals surface area (Å²) in [6.45, 7) is 0.166. The predicted molar refractivity (Wildman–Crippen MR) is 103 cm³/mol. The van der Waals surface area contributed by atoms with Gasteiger partial charge >= 0.3 is 0 Å². The zero-order chi connectivity index (χ0) is 16.9. The minimum absolute atomic E-state index is 0.0920. The first-order valence-electron chi connectivity index (χ1n) is 7.80. The second-order valence-corrected chi connectivity index (χ2v) is 6.98. The van der Waals surface area contributed by atoms with Gasteiger partial charge in [-0.05, 0) is 77.9 Å². The number of carbonyl (C=O) groups is 2. The Hall–Kier alpha value is -2.09. The molecule has 6 heteroatoms. The lowest BCUT2D eigenvalue weighted by atomic mass is 10.2. The van der Waals surface area contributed by atoms with Crippen LogP contribution in [0.1, 0.15) is 23.2 Å². The highest BCUT2D eigenvalue weighted by molar-refractivity contribution is 14.1. The van der Waals surface area contributed by atoms with Crippen LogP contribution in [0.2, 0.25) is 0 Å². The van der Waals surface area contributed by atoms with Gasteiger partial charge in [-0.1, -0.05) is 6.07 Å². The maximum absolute atomic E-state index is 12.0. The van der Waals surface area contributed by atoms with Gasteiger partial charge < -0.3 is 16.0 Å². The Bertz CT molecular complexity index is 742. The summed E-state index contributed by atoms with van der Waals surface area (Å²) in [6, 6.07) is 15.1. The molecule has 1 saturated carbocycles. The largest absolute Gasteiger partial charge is 0.376 e. The highest BCUT2D eigenvalue weighted by atomic mass is 127. The average Bonchev–Trinajstić information content (AvgIpc) is 3.38. The molecule has 1 aliphatic carbocycles. The molecule has 0 heterocycles. The Kier molecular flexibility index (Phi) is 5.34. The van der Waals surface area contributed by atoms with Gasteiger partial charge in [0.05, 0.1) is 6.54 Å². The summed E-state index contributed by atoms with van der Waals surface area (Å²) in [5, 5.41) is 8.81. The number of anilines is 2. The first-order valence-corrected chi connectivity index (χ1v) is 8.88. The Morgan fingerprint density at radius 1 is 1.04 bits per heavy atom. The molecule has 0 radical (unpaired) electrons. The highest BCUT2D eigenvalue weighted by Crippen LogP contribution is 2.20. The SMILES string of the molecule is O=C(CNc1ccc(I)cc1)Nc1cccc(C(=O)NC2CC2)c1. The van der Waals surface area contributed by atoms with Crippen molar-refractivity contribution in [2.75, 3.05) is 17.2 Å². The maximum Gasteiger partial charge on any atom is 0.251 e.